The minimum absolute atomic E-state index is 0.269. The molecule has 5 nitrogen and oxygen atoms in total. The Bertz CT molecular complexity index is 475. The molecule has 2 unspecified atom stereocenters. The van der Waals surface area contributed by atoms with Crippen LogP contribution in [0.3, 0.4) is 0 Å². The highest BCUT2D eigenvalue weighted by atomic mass is 32.2. The number of hydrogen-bond donors (Lipinski definition) is 1. The van der Waals surface area contributed by atoms with E-state index >= 15 is 0 Å². The second-order valence-electron chi connectivity index (χ2n) is 5.06. The Morgan fingerprint density at radius 1 is 1.47 bits per heavy atom. The third-order valence-corrected chi connectivity index (χ3v) is 4.46. The van der Waals surface area contributed by atoms with Gasteiger partial charge in [0.2, 0.25) is 0 Å². The molecule has 1 saturated carbocycles. The van der Waals surface area contributed by atoms with Gasteiger partial charge in [0.1, 0.15) is 5.54 Å². The van der Waals surface area contributed by atoms with Crippen molar-refractivity contribution in [1.29, 1.82) is 0 Å². The zero-order chi connectivity index (χ0) is 14.0. The quantitative estimate of drug-likeness (QED) is 0.670. The predicted molar refractivity (Wildman–Crippen MR) is 73.9 cm³/mol. The van der Waals surface area contributed by atoms with Crippen LogP contribution in [-0.4, -0.2) is 33.8 Å². The number of nitrogens with zero attached hydrogens (tertiary/aromatic N) is 2. The fraction of sp³-hybridized carbons (Fsp3) is 0.615. The van der Waals surface area contributed by atoms with Crippen molar-refractivity contribution in [1.82, 2.24) is 9.97 Å². The first-order chi connectivity index (χ1) is 8.93. The largest absolute Gasteiger partial charge is 0.468 e. The van der Waals surface area contributed by atoms with E-state index in [1.54, 1.807) is 11.8 Å². The number of esters is 1. The average molecular weight is 281 g/mol. The molecule has 2 rings (SSSR count). The molecule has 1 aliphatic carbocycles. The van der Waals surface area contributed by atoms with Gasteiger partial charge in [-0.2, -0.15) is 0 Å². The normalized spacial score (nSPS) is 26.4. The molecule has 6 heteroatoms. The summed E-state index contributed by atoms with van der Waals surface area (Å²) in [6.45, 7) is 3.91. The van der Waals surface area contributed by atoms with Crippen LogP contribution in [0.1, 0.15) is 30.7 Å². The molecule has 0 bridgehead atoms. The van der Waals surface area contributed by atoms with Crippen molar-refractivity contribution in [2.45, 2.75) is 49.1 Å². The maximum atomic E-state index is 11.7. The second-order valence-corrected chi connectivity index (χ2v) is 6.33. The van der Waals surface area contributed by atoms with Gasteiger partial charge in [0.05, 0.1) is 7.11 Å². The van der Waals surface area contributed by atoms with Crippen molar-refractivity contribution < 1.29 is 9.53 Å². The summed E-state index contributed by atoms with van der Waals surface area (Å²) >= 11 is 1.60. The zero-order valence-electron chi connectivity index (χ0n) is 11.5. The van der Waals surface area contributed by atoms with Gasteiger partial charge in [0, 0.05) is 16.6 Å². The lowest BCUT2D eigenvalue weighted by Gasteiger charge is -2.20. The minimum atomic E-state index is -0.842. The first-order valence-corrected chi connectivity index (χ1v) is 7.17. The van der Waals surface area contributed by atoms with E-state index in [9.17, 15) is 4.79 Å². The first kappa shape index (κ1) is 14.3. The number of ether oxygens (including phenoxy) is 1. The van der Waals surface area contributed by atoms with Gasteiger partial charge in [0.25, 0.3) is 0 Å². The minimum Gasteiger partial charge on any atom is -0.468 e. The highest BCUT2D eigenvalue weighted by Gasteiger charge is 2.43. The van der Waals surface area contributed by atoms with Crippen LogP contribution in [0.4, 0.5) is 0 Å². The summed E-state index contributed by atoms with van der Waals surface area (Å²) in [4.78, 5) is 20.5. The lowest BCUT2D eigenvalue weighted by Crippen LogP contribution is -2.46. The van der Waals surface area contributed by atoms with Crippen LogP contribution in [0.5, 0.6) is 0 Å². The average Bonchev–Trinajstić information content (AvgIpc) is 2.69. The summed E-state index contributed by atoms with van der Waals surface area (Å²) < 4.78 is 4.77. The summed E-state index contributed by atoms with van der Waals surface area (Å²) in [5.74, 6) is -0.322. The first-order valence-electron chi connectivity index (χ1n) is 6.29. The molecule has 1 fully saturated rings. The summed E-state index contributed by atoms with van der Waals surface area (Å²) in [7, 11) is 1.38. The van der Waals surface area contributed by atoms with Gasteiger partial charge < -0.3 is 10.5 Å². The van der Waals surface area contributed by atoms with E-state index in [1.165, 1.54) is 7.11 Å². The molecule has 1 aromatic rings. The fourth-order valence-corrected chi connectivity index (χ4v) is 3.72. The Kier molecular flexibility index (Phi) is 4.10. The van der Waals surface area contributed by atoms with Gasteiger partial charge in [-0.25, -0.2) is 9.97 Å². The number of carbonyl (C=O) groups excluding carboxylic acids is 1. The molecule has 0 radical (unpaired) electrons. The van der Waals surface area contributed by atoms with E-state index in [-0.39, 0.29) is 11.2 Å². The van der Waals surface area contributed by atoms with Crippen molar-refractivity contribution >= 4 is 17.7 Å². The molecule has 0 aliphatic heterocycles. The molecule has 2 atom stereocenters. The molecule has 1 aliphatic rings. The van der Waals surface area contributed by atoms with Crippen LogP contribution in [0.15, 0.2) is 11.2 Å². The monoisotopic (exact) mass is 281 g/mol. The Balaban J connectivity index is 2.04. The Hall–Kier alpha value is -1.14. The van der Waals surface area contributed by atoms with Crippen molar-refractivity contribution in [3.05, 3.63) is 17.5 Å². The number of aromatic nitrogens is 2. The molecule has 0 spiro atoms. The molecule has 19 heavy (non-hydrogen) atoms. The molecule has 0 saturated heterocycles. The predicted octanol–water partition coefficient (Wildman–Crippen LogP) is 1.61. The smallest absolute Gasteiger partial charge is 0.325 e. The molecule has 2 N–H and O–H groups in total. The van der Waals surface area contributed by atoms with Crippen molar-refractivity contribution in [2.24, 2.45) is 5.73 Å². The molecular weight excluding hydrogens is 262 g/mol. The zero-order valence-corrected chi connectivity index (χ0v) is 12.3. The van der Waals surface area contributed by atoms with Crippen LogP contribution in [-0.2, 0) is 9.53 Å². The molecule has 0 amide bonds. The summed E-state index contributed by atoms with van der Waals surface area (Å²) in [6, 6.07) is 1.94. The summed E-state index contributed by atoms with van der Waals surface area (Å²) in [5, 5.41) is 1.03. The SMILES string of the molecule is COC(=O)C1(N)CCC(Sc2nc(C)cc(C)n2)C1. The molecule has 0 aromatic carbocycles. The highest BCUT2D eigenvalue weighted by Crippen LogP contribution is 2.38. The molecule has 1 aromatic heterocycles. The van der Waals surface area contributed by atoms with Gasteiger partial charge in [0.15, 0.2) is 5.16 Å². The van der Waals surface area contributed by atoms with Crippen LogP contribution < -0.4 is 5.73 Å². The number of aryl methyl sites for hydroxylation is 2. The number of methoxy groups -OCH3 is 1. The van der Waals surface area contributed by atoms with Crippen LogP contribution >= 0.6 is 11.8 Å². The lowest BCUT2D eigenvalue weighted by molar-refractivity contribution is -0.146. The Morgan fingerprint density at radius 2 is 2.11 bits per heavy atom. The van der Waals surface area contributed by atoms with Gasteiger partial charge in [-0.1, -0.05) is 11.8 Å². The summed E-state index contributed by atoms with van der Waals surface area (Å²) in [5.41, 5.74) is 7.16. The van der Waals surface area contributed by atoms with Crippen molar-refractivity contribution in [3.8, 4) is 0 Å². The van der Waals surface area contributed by atoms with E-state index in [0.717, 1.165) is 23.0 Å². The van der Waals surface area contributed by atoms with Crippen molar-refractivity contribution in [2.75, 3.05) is 7.11 Å². The maximum absolute atomic E-state index is 11.7. The number of thioether (sulfide) groups is 1. The van der Waals surface area contributed by atoms with E-state index in [0.29, 0.717) is 12.8 Å². The van der Waals surface area contributed by atoms with Gasteiger partial charge in [-0.3, -0.25) is 4.79 Å². The molecule has 1 heterocycles. The van der Waals surface area contributed by atoms with E-state index in [2.05, 4.69) is 9.97 Å². The van der Waals surface area contributed by atoms with Crippen LogP contribution in [0, 0.1) is 13.8 Å². The van der Waals surface area contributed by atoms with Crippen LogP contribution in [0.25, 0.3) is 0 Å². The standard InChI is InChI=1S/C13H19N3O2S/c1-8-6-9(2)16-12(15-8)19-10-4-5-13(14,7-10)11(17)18-3/h6,10H,4-5,7,14H2,1-3H3. The number of rotatable bonds is 3. The van der Waals surface area contributed by atoms with Crippen LogP contribution in [0.2, 0.25) is 0 Å². The Morgan fingerprint density at radius 3 is 2.68 bits per heavy atom. The summed E-state index contributed by atoms with van der Waals surface area (Å²) in [6.07, 6.45) is 2.15. The van der Waals surface area contributed by atoms with Gasteiger partial charge >= 0.3 is 5.97 Å². The Labute approximate surface area is 117 Å². The van der Waals surface area contributed by atoms with Crippen molar-refractivity contribution in [3.63, 3.8) is 0 Å². The van der Waals surface area contributed by atoms with E-state index < -0.39 is 5.54 Å². The number of carbonyl (C=O) groups is 1. The number of nitrogens with two attached hydrogens (primary N) is 1. The topological polar surface area (TPSA) is 78.1 Å². The maximum Gasteiger partial charge on any atom is 0.325 e. The van der Waals surface area contributed by atoms with Gasteiger partial charge in [-0.05, 0) is 39.2 Å². The third-order valence-electron chi connectivity index (χ3n) is 3.33. The second kappa shape index (κ2) is 5.46. The fourth-order valence-electron chi connectivity index (χ4n) is 2.41. The van der Waals surface area contributed by atoms with Gasteiger partial charge in [-0.15, -0.1) is 0 Å². The van der Waals surface area contributed by atoms with E-state index in [4.69, 9.17) is 10.5 Å². The third kappa shape index (κ3) is 3.25. The molecule has 104 valence electrons. The number of hydrogen-bond acceptors (Lipinski definition) is 6. The lowest BCUT2D eigenvalue weighted by atomic mass is 10.00. The van der Waals surface area contributed by atoms with E-state index in [1.807, 2.05) is 19.9 Å². The molecular formula is C13H19N3O2S. The highest BCUT2D eigenvalue weighted by molar-refractivity contribution is 7.99.